The summed E-state index contributed by atoms with van der Waals surface area (Å²) in [6.45, 7) is 4.22. The third-order valence-electron chi connectivity index (χ3n) is 4.07. The number of amides is 3. The van der Waals surface area contributed by atoms with Gasteiger partial charge in [0.2, 0.25) is 0 Å². The zero-order chi connectivity index (χ0) is 18.5. The van der Waals surface area contributed by atoms with Crippen LogP contribution < -0.4 is 20.7 Å². The van der Waals surface area contributed by atoms with E-state index in [1.165, 1.54) is 0 Å². The highest BCUT2D eigenvalue weighted by Gasteiger charge is 2.31. The first-order valence-corrected chi connectivity index (χ1v) is 8.46. The molecule has 2 aromatic carbocycles. The van der Waals surface area contributed by atoms with Crippen LogP contribution in [0.2, 0.25) is 0 Å². The first-order valence-electron chi connectivity index (χ1n) is 8.46. The van der Waals surface area contributed by atoms with Gasteiger partial charge >= 0.3 is 6.03 Å². The Hall–Kier alpha value is -3.28. The van der Waals surface area contributed by atoms with E-state index in [4.69, 9.17) is 4.74 Å². The predicted octanol–water partition coefficient (Wildman–Crippen LogP) is 3.35. The maximum atomic E-state index is 12.9. The number of rotatable bonds is 5. The fraction of sp³-hybridized carbons (Fsp3) is 0.200. The van der Waals surface area contributed by atoms with Crippen LogP contribution in [-0.4, -0.2) is 18.5 Å². The summed E-state index contributed by atoms with van der Waals surface area (Å²) < 4.78 is 5.41. The molecule has 0 spiro atoms. The van der Waals surface area contributed by atoms with E-state index in [1.807, 2.05) is 37.3 Å². The maximum Gasteiger partial charge on any atom is 0.319 e. The second-order valence-electron chi connectivity index (χ2n) is 5.89. The highest BCUT2D eigenvalue weighted by Crippen LogP contribution is 2.27. The van der Waals surface area contributed by atoms with Gasteiger partial charge in [0.15, 0.2) is 0 Å². The molecule has 0 aliphatic carbocycles. The summed E-state index contributed by atoms with van der Waals surface area (Å²) in [5.74, 6) is 0.475. The third-order valence-corrected chi connectivity index (χ3v) is 4.07. The molecule has 1 atom stereocenters. The van der Waals surface area contributed by atoms with E-state index in [1.54, 1.807) is 31.2 Å². The Balaban J connectivity index is 1.85. The van der Waals surface area contributed by atoms with Gasteiger partial charge in [-0.05, 0) is 43.7 Å². The number of anilines is 1. The molecule has 0 saturated carbocycles. The number of nitrogens with one attached hydrogen (secondary N) is 3. The molecule has 0 aromatic heterocycles. The van der Waals surface area contributed by atoms with Crippen molar-refractivity contribution in [3.8, 4) is 5.75 Å². The van der Waals surface area contributed by atoms with Crippen LogP contribution in [0.1, 0.15) is 25.5 Å². The topological polar surface area (TPSA) is 79.5 Å². The van der Waals surface area contributed by atoms with Gasteiger partial charge in [-0.3, -0.25) is 4.79 Å². The molecule has 0 radical (unpaired) electrons. The van der Waals surface area contributed by atoms with Crippen molar-refractivity contribution in [2.45, 2.75) is 19.9 Å². The van der Waals surface area contributed by atoms with E-state index in [2.05, 4.69) is 16.0 Å². The van der Waals surface area contributed by atoms with Crippen molar-refractivity contribution in [3.05, 3.63) is 71.4 Å². The fourth-order valence-corrected chi connectivity index (χ4v) is 2.89. The lowest BCUT2D eigenvalue weighted by Crippen LogP contribution is -2.45. The molecule has 1 unspecified atom stereocenters. The number of carbonyl (C=O) groups excluding carboxylic acids is 2. The molecule has 0 saturated heterocycles. The second-order valence-corrected chi connectivity index (χ2v) is 5.89. The lowest BCUT2D eigenvalue weighted by Gasteiger charge is -2.28. The van der Waals surface area contributed by atoms with Gasteiger partial charge in [-0.15, -0.1) is 0 Å². The van der Waals surface area contributed by atoms with E-state index in [0.29, 0.717) is 23.6 Å². The first kappa shape index (κ1) is 17.5. The van der Waals surface area contributed by atoms with Crippen molar-refractivity contribution in [1.29, 1.82) is 0 Å². The van der Waals surface area contributed by atoms with Crippen LogP contribution >= 0.6 is 0 Å². The third kappa shape index (κ3) is 3.85. The number of carbonyl (C=O) groups is 2. The van der Waals surface area contributed by atoms with Crippen molar-refractivity contribution >= 4 is 17.6 Å². The highest BCUT2D eigenvalue weighted by atomic mass is 16.5. The van der Waals surface area contributed by atoms with Crippen LogP contribution in [0.15, 0.2) is 65.9 Å². The lowest BCUT2D eigenvalue weighted by atomic mass is 9.95. The SMILES string of the molecule is CCOc1ccc(NC(=O)C2=C(C)NC(=O)NC2c2ccccc2)cc1. The Morgan fingerprint density at radius 1 is 1.12 bits per heavy atom. The molecule has 26 heavy (non-hydrogen) atoms. The summed E-state index contributed by atoms with van der Waals surface area (Å²) in [6, 6.07) is 15.7. The quantitative estimate of drug-likeness (QED) is 0.773. The molecule has 3 rings (SSSR count). The summed E-state index contributed by atoms with van der Waals surface area (Å²) in [7, 11) is 0. The van der Waals surface area contributed by atoms with Crippen molar-refractivity contribution in [2.24, 2.45) is 0 Å². The van der Waals surface area contributed by atoms with Gasteiger partial charge in [0.25, 0.3) is 5.91 Å². The summed E-state index contributed by atoms with van der Waals surface area (Å²) in [5.41, 5.74) is 2.51. The second kappa shape index (κ2) is 7.74. The number of urea groups is 1. The molecule has 3 amide bonds. The van der Waals surface area contributed by atoms with Gasteiger partial charge in [0, 0.05) is 11.4 Å². The van der Waals surface area contributed by atoms with Crippen LogP contribution in [0.3, 0.4) is 0 Å². The Labute approximate surface area is 152 Å². The molecule has 3 N–H and O–H groups in total. The predicted molar refractivity (Wildman–Crippen MR) is 99.8 cm³/mol. The first-order chi connectivity index (χ1) is 12.6. The molecule has 6 heteroatoms. The van der Waals surface area contributed by atoms with Gasteiger partial charge in [0.1, 0.15) is 5.75 Å². The number of hydrogen-bond donors (Lipinski definition) is 3. The van der Waals surface area contributed by atoms with Crippen molar-refractivity contribution in [2.75, 3.05) is 11.9 Å². The number of benzene rings is 2. The molecular formula is C20H21N3O3. The Bertz CT molecular complexity index is 829. The minimum absolute atomic E-state index is 0.270. The van der Waals surface area contributed by atoms with Crippen LogP contribution in [0, 0.1) is 0 Å². The lowest BCUT2D eigenvalue weighted by molar-refractivity contribution is -0.113. The van der Waals surface area contributed by atoms with Crippen LogP contribution in [0.25, 0.3) is 0 Å². The number of hydrogen-bond acceptors (Lipinski definition) is 3. The van der Waals surface area contributed by atoms with Gasteiger partial charge < -0.3 is 20.7 Å². The van der Waals surface area contributed by atoms with Crippen molar-refractivity contribution in [3.63, 3.8) is 0 Å². The Morgan fingerprint density at radius 2 is 1.81 bits per heavy atom. The summed E-state index contributed by atoms with van der Waals surface area (Å²) in [5, 5.41) is 8.37. The molecule has 2 aromatic rings. The minimum atomic E-state index is -0.507. The average Bonchev–Trinajstić information content (AvgIpc) is 2.63. The molecule has 134 valence electrons. The Kier molecular flexibility index (Phi) is 5.22. The normalized spacial score (nSPS) is 16.5. The molecule has 1 heterocycles. The average molecular weight is 351 g/mol. The maximum absolute atomic E-state index is 12.9. The van der Waals surface area contributed by atoms with Crippen LogP contribution in [0.4, 0.5) is 10.5 Å². The van der Waals surface area contributed by atoms with Gasteiger partial charge in [-0.25, -0.2) is 4.79 Å². The standard InChI is InChI=1S/C20H21N3O3/c1-3-26-16-11-9-15(10-12-16)22-19(24)17-13(2)21-20(25)23-18(17)14-7-5-4-6-8-14/h4-12,18H,3H2,1-2H3,(H,22,24)(H2,21,23,25). The largest absolute Gasteiger partial charge is 0.494 e. The zero-order valence-corrected chi connectivity index (χ0v) is 14.7. The van der Waals surface area contributed by atoms with E-state index < -0.39 is 6.04 Å². The highest BCUT2D eigenvalue weighted by molar-refractivity contribution is 6.06. The summed E-state index contributed by atoms with van der Waals surface area (Å²) in [6.07, 6.45) is 0. The molecule has 6 nitrogen and oxygen atoms in total. The van der Waals surface area contributed by atoms with E-state index in [0.717, 1.165) is 11.3 Å². The molecular weight excluding hydrogens is 330 g/mol. The molecule has 0 fully saturated rings. The van der Waals surface area contributed by atoms with Crippen molar-refractivity contribution in [1.82, 2.24) is 10.6 Å². The van der Waals surface area contributed by atoms with E-state index in [9.17, 15) is 9.59 Å². The van der Waals surface area contributed by atoms with Crippen molar-refractivity contribution < 1.29 is 14.3 Å². The summed E-state index contributed by atoms with van der Waals surface area (Å²) in [4.78, 5) is 24.8. The monoisotopic (exact) mass is 351 g/mol. The zero-order valence-electron chi connectivity index (χ0n) is 14.7. The van der Waals surface area contributed by atoms with Gasteiger partial charge in [0.05, 0.1) is 18.2 Å². The number of allylic oxidation sites excluding steroid dienone is 1. The van der Waals surface area contributed by atoms with Crippen LogP contribution in [0.5, 0.6) is 5.75 Å². The molecule has 0 bridgehead atoms. The van der Waals surface area contributed by atoms with E-state index in [-0.39, 0.29) is 11.9 Å². The minimum Gasteiger partial charge on any atom is -0.494 e. The van der Waals surface area contributed by atoms with E-state index >= 15 is 0 Å². The van der Waals surface area contributed by atoms with Crippen LogP contribution in [-0.2, 0) is 4.79 Å². The Morgan fingerprint density at radius 3 is 2.46 bits per heavy atom. The van der Waals surface area contributed by atoms with Gasteiger partial charge in [-0.2, -0.15) is 0 Å². The smallest absolute Gasteiger partial charge is 0.319 e. The summed E-state index contributed by atoms with van der Waals surface area (Å²) >= 11 is 0. The molecule has 1 aliphatic rings. The van der Waals surface area contributed by atoms with Gasteiger partial charge in [-0.1, -0.05) is 30.3 Å². The fourth-order valence-electron chi connectivity index (χ4n) is 2.89. The number of ether oxygens (including phenoxy) is 1. The molecule has 1 aliphatic heterocycles.